The summed E-state index contributed by atoms with van der Waals surface area (Å²) in [6, 6.07) is 5.95. The molecule has 1 rings (SSSR count). The fraction of sp³-hybridized carbons (Fsp3) is 0.273. The molecule has 0 amide bonds. The molecule has 1 unspecified atom stereocenters. The number of ether oxygens (including phenoxy) is 1. The minimum atomic E-state index is -1.14. The van der Waals surface area contributed by atoms with Crippen molar-refractivity contribution in [3.63, 3.8) is 0 Å². The minimum Gasteiger partial charge on any atom is -0.479 e. The summed E-state index contributed by atoms with van der Waals surface area (Å²) in [6.07, 6.45) is -0.760. The zero-order valence-corrected chi connectivity index (χ0v) is 8.71. The molecule has 5 heteroatoms. The molecule has 0 saturated carbocycles. The summed E-state index contributed by atoms with van der Waals surface area (Å²) in [5.74, 6) is -2.18. The third-order valence-corrected chi connectivity index (χ3v) is 2.03. The van der Waals surface area contributed by atoms with Gasteiger partial charge in [0.15, 0.2) is 6.10 Å². The number of aliphatic carboxylic acids is 1. The van der Waals surface area contributed by atoms with Crippen molar-refractivity contribution in [3.8, 4) is 5.75 Å². The van der Waals surface area contributed by atoms with Crippen LogP contribution in [0.3, 0.4) is 0 Å². The molecule has 0 spiro atoms. The van der Waals surface area contributed by atoms with Crippen molar-refractivity contribution in [1.29, 1.82) is 0 Å². The molecule has 0 aliphatic rings. The van der Waals surface area contributed by atoms with Crippen LogP contribution in [-0.2, 0) is 4.79 Å². The molecule has 2 N–H and O–H groups in total. The Balaban J connectivity index is 2.95. The van der Waals surface area contributed by atoms with Gasteiger partial charge in [-0.3, -0.25) is 0 Å². The molecule has 86 valence electrons. The summed E-state index contributed by atoms with van der Waals surface area (Å²) >= 11 is 0. The fourth-order valence-corrected chi connectivity index (χ4v) is 1.21. The number of carbonyl (C=O) groups is 2. The number of rotatable bonds is 5. The van der Waals surface area contributed by atoms with Crippen LogP contribution >= 0.6 is 0 Å². The molecule has 0 heterocycles. The second kappa shape index (κ2) is 5.16. The molecule has 0 bridgehead atoms. The summed E-state index contributed by atoms with van der Waals surface area (Å²) < 4.78 is 5.14. The SMILES string of the molecule is CCC(Oc1ccccc1C(=O)O)C(=O)O. The molecule has 0 aliphatic carbocycles. The van der Waals surface area contributed by atoms with Gasteiger partial charge >= 0.3 is 11.9 Å². The molecular weight excluding hydrogens is 212 g/mol. The van der Waals surface area contributed by atoms with E-state index in [1.165, 1.54) is 12.1 Å². The molecule has 0 fully saturated rings. The van der Waals surface area contributed by atoms with E-state index >= 15 is 0 Å². The zero-order chi connectivity index (χ0) is 12.1. The lowest BCUT2D eigenvalue weighted by Gasteiger charge is -2.14. The van der Waals surface area contributed by atoms with Gasteiger partial charge < -0.3 is 14.9 Å². The van der Waals surface area contributed by atoms with Crippen LogP contribution in [0.2, 0.25) is 0 Å². The molecule has 0 aromatic heterocycles. The van der Waals surface area contributed by atoms with Crippen LogP contribution in [0.1, 0.15) is 23.7 Å². The van der Waals surface area contributed by atoms with E-state index in [4.69, 9.17) is 14.9 Å². The Morgan fingerprint density at radius 2 is 1.94 bits per heavy atom. The maximum atomic E-state index is 10.8. The quantitative estimate of drug-likeness (QED) is 0.794. The van der Waals surface area contributed by atoms with Crippen molar-refractivity contribution in [2.75, 3.05) is 0 Å². The van der Waals surface area contributed by atoms with Crippen molar-refractivity contribution in [3.05, 3.63) is 29.8 Å². The summed E-state index contributed by atoms with van der Waals surface area (Å²) in [6.45, 7) is 1.65. The van der Waals surface area contributed by atoms with Crippen LogP contribution in [0.25, 0.3) is 0 Å². The maximum absolute atomic E-state index is 10.8. The topological polar surface area (TPSA) is 83.8 Å². The van der Waals surface area contributed by atoms with Gasteiger partial charge in [0, 0.05) is 0 Å². The fourth-order valence-electron chi connectivity index (χ4n) is 1.21. The van der Waals surface area contributed by atoms with Gasteiger partial charge in [-0.2, -0.15) is 0 Å². The predicted molar refractivity (Wildman–Crippen MR) is 55.7 cm³/mol. The van der Waals surface area contributed by atoms with Crippen molar-refractivity contribution < 1.29 is 24.5 Å². The number of hydrogen-bond donors (Lipinski definition) is 2. The Kier molecular flexibility index (Phi) is 3.88. The minimum absolute atomic E-state index is 0.0396. The van der Waals surface area contributed by atoms with E-state index in [1.807, 2.05) is 0 Å². The second-order valence-corrected chi connectivity index (χ2v) is 3.15. The highest BCUT2D eigenvalue weighted by Gasteiger charge is 2.19. The van der Waals surface area contributed by atoms with E-state index in [1.54, 1.807) is 19.1 Å². The lowest BCUT2D eigenvalue weighted by Crippen LogP contribution is -2.26. The van der Waals surface area contributed by atoms with Gasteiger partial charge in [-0.15, -0.1) is 0 Å². The molecule has 1 aromatic rings. The first kappa shape index (κ1) is 12.0. The Morgan fingerprint density at radius 1 is 1.31 bits per heavy atom. The largest absolute Gasteiger partial charge is 0.479 e. The molecule has 5 nitrogen and oxygen atoms in total. The summed E-state index contributed by atoms with van der Waals surface area (Å²) in [7, 11) is 0. The Labute approximate surface area is 92.3 Å². The number of carboxylic acids is 2. The average molecular weight is 224 g/mol. The van der Waals surface area contributed by atoms with Crippen LogP contribution in [0, 0.1) is 0 Å². The standard InChI is InChI=1S/C11H12O5/c1-2-8(11(14)15)16-9-6-4-3-5-7(9)10(12)13/h3-6,8H,2H2,1H3,(H,12,13)(H,14,15). The lowest BCUT2D eigenvalue weighted by molar-refractivity contribution is -0.145. The number of benzene rings is 1. The Bertz CT molecular complexity index is 399. The smallest absolute Gasteiger partial charge is 0.344 e. The van der Waals surface area contributed by atoms with Gasteiger partial charge in [0.1, 0.15) is 11.3 Å². The van der Waals surface area contributed by atoms with Crippen molar-refractivity contribution in [2.45, 2.75) is 19.4 Å². The van der Waals surface area contributed by atoms with Crippen LogP contribution < -0.4 is 4.74 Å². The predicted octanol–water partition coefficient (Wildman–Crippen LogP) is 1.63. The Morgan fingerprint density at radius 3 is 2.44 bits per heavy atom. The number of para-hydroxylation sites is 1. The molecule has 0 aliphatic heterocycles. The Hall–Kier alpha value is -2.04. The van der Waals surface area contributed by atoms with Gasteiger partial charge in [0.25, 0.3) is 0 Å². The number of aromatic carboxylic acids is 1. The molecule has 1 atom stereocenters. The van der Waals surface area contributed by atoms with E-state index in [2.05, 4.69) is 0 Å². The van der Waals surface area contributed by atoms with Crippen LogP contribution in [0.4, 0.5) is 0 Å². The van der Waals surface area contributed by atoms with Crippen molar-refractivity contribution in [1.82, 2.24) is 0 Å². The number of carboxylic acid groups (broad SMARTS) is 2. The zero-order valence-electron chi connectivity index (χ0n) is 8.71. The van der Waals surface area contributed by atoms with Crippen LogP contribution in [0.5, 0.6) is 5.75 Å². The summed E-state index contributed by atoms with van der Waals surface area (Å²) in [5, 5.41) is 17.7. The van der Waals surface area contributed by atoms with E-state index < -0.39 is 18.0 Å². The van der Waals surface area contributed by atoms with Gasteiger partial charge in [0.2, 0.25) is 0 Å². The third-order valence-electron chi connectivity index (χ3n) is 2.03. The molecule has 0 radical (unpaired) electrons. The lowest BCUT2D eigenvalue weighted by atomic mass is 10.2. The van der Waals surface area contributed by atoms with Gasteiger partial charge in [0.05, 0.1) is 0 Å². The van der Waals surface area contributed by atoms with Gasteiger partial charge in [-0.05, 0) is 18.6 Å². The summed E-state index contributed by atoms with van der Waals surface area (Å²) in [4.78, 5) is 21.6. The normalized spacial score (nSPS) is 11.8. The molecular formula is C11H12O5. The van der Waals surface area contributed by atoms with E-state index in [0.29, 0.717) is 0 Å². The van der Waals surface area contributed by atoms with Crippen molar-refractivity contribution in [2.24, 2.45) is 0 Å². The second-order valence-electron chi connectivity index (χ2n) is 3.15. The van der Waals surface area contributed by atoms with E-state index in [9.17, 15) is 9.59 Å². The third kappa shape index (κ3) is 2.73. The highest BCUT2D eigenvalue weighted by molar-refractivity contribution is 5.91. The van der Waals surface area contributed by atoms with E-state index in [-0.39, 0.29) is 17.7 Å². The highest BCUT2D eigenvalue weighted by Crippen LogP contribution is 2.20. The average Bonchev–Trinajstić information content (AvgIpc) is 2.25. The molecule has 16 heavy (non-hydrogen) atoms. The first-order valence-electron chi connectivity index (χ1n) is 4.78. The monoisotopic (exact) mass is 224 g/mol. The first-order valence-corrected chi connectivity index (χ1v) is 4.78. The van der Waals surface area contributed by atoms with Crippen molar-refractivity contribution >= 4 is 11.9 Å². The first-order chi connectivity index (χ1) is 7.56. The van der Waals surface area contributed by atoms with Crippen LogP contribution in [-0.4, -0.2) is 28.3 Å². The van der Waals surface area contributed by atoms with E-state index in [0.717, 1.165) is 0 Å². The maximum Gasteiger partial charge on any atom is 0.344 e. The number of hydrogen-bond acceptors (Lipinski definition) is 3. The van der Waals surface area contributed by atoms with Gasteiger partial charge in [-0.25, -0.2) is 9.59 Å². The van der Waals surface area contributed by atoms with Gasteiger partial charge in [-0.1, -0.05) is 19.1 Å². The molecule has 0 saturated heterocycles. The summed E-state index contributed by atoms with van der Waals surface area (Å²) in [5.41, 5.74) is -0.0396. The van der Waals surface area contributed by atoms with Crippen LogP contribution in [0.15, 0.2) is 24.3 Å². The molecule has 1 aromatic carbocycles. The highest BCUT2D eigenvalue weighted by atomic mass is 16.5.